The number of carbonyl (C=O) groups is 2. The van der Waals surface area contributed by atoms with Gasteiger partial charge >= 0.3 is 6.03 Å². The summed E-state index contributed by atoms with van der Waals surface area (Å²) in [6.45, 7) is 3.94. The van der Waals surface area contributed by atoms with Gasteiger partial charge < -0.3 is 0 Å². The fourth-order valence-corrected chi connectivity index (χ4v) is 3.98. The maximum absolute atomic E-state index is 12.9. The Morgan fingerprint density at radius 1 is 1.04 bits per heavy atom. The third-order valence-electron chi connectivity index (χ3n) is 4.65. The van der Waals surface area contributed by atoms with Crippen molar-refractivity contribution >= 4 is 29.0 Å². The summed E-state index contributed by atoms with van der Waals surface area (Å²) in [4.78, 5) is 33.0. The molecule has 4 rings (SSSR count). The fourth-order valence-electron chi connectivity index (χ4n) is 3.17. The lowest BCUT2D eigenvalue weighted by Crippen LogP contribution is -2.33. The lowest BCUT2D eigenvalue weighted by molar-refractivity contribution is -0.127. The smallest absolute Gasteiger partial charge is 0.282 e. The van der Waals surface area contributed by atoms with Crippen LogP contribution < -0.4 is 4.90 Å². The molecule has 5 nitrogen and oxygen atoms in total. The average Bonchev–Trinajstić information content (AvgIpc) is 3.23. The largest absolute Gasteiger partial charge is 0.332 e. The van der Waals surface area contributed by atoms with Crippen molar-refractivity contribution in [3.05, 3.63) is 71.2 Å². The van der Waals surface area contributed by atoms with Gasteiger partial charge in [-0.15, -0.1) is 11.3 Å². The molecular weight excluding hydrogens is 358 g/mol. The van der Waals surface area contributed by atoms with Crippen LogP contribution in [0.4, 0.5) is 10.5 Å². The number of amides is 3. The van der Waals surface area contributed by atoms with Crippen LogP contribution in [0, 0.1) is 6.92 Å². The van der Waals surface area contributed by atoms with Crippen LogP contribution in [0.25, 0.3) is 10.6 Å². The second-order valence-electron chi connectivity index (χ2n) is 6.60. The molecule has 136 valence electrons. The van der Waals surface area contributed by atoms with Crippen LogP contribution in [-0.2, 0) is 11.3 Å². The van der Waals surface area contributed by atoms with E-state index in [4.69, 9.17) is 0 Å². The average molecular weight is 377 g/mol. The van der Waals surface area contributed by atoms with Crippen LogP contribution in [0.2, 0.25) is 0 Å². The van der Waals surface area contributed by atoms with Crippen molar-refractivity contribution in [1.82, 2.24) is 9.88 Å². The topological polar surface area (TPSA) is 53.5 Å². The summed E-state index contributed by atoms with van der Waals surface area (Å²) in [7, 11) is 0. The zero-order valence-corrected chi connectivity index (χ0v) is 15.9. The number of anilines is 1. The van der Waals surface area contributed by atoms with E-state index in [1.807, 2.05) is 66.9 Å². The highest BCUT2D eigenvalue weighted by atomic mass is 32.1. The van der Waals surface area contributed by atoms with Gasteiger partial charge in [-0.05, 0) is 26.0 Å². The highest BCUT2D eigenvalue weighted by Gasteiger charge is 2.43. The first-order valence-corrected chi connectivity index (χ1v) is 9.63. The van der Waals surface area contributed by atoms with Crippen LogP contribution in [0.1, 0.15) is 18.2 Å². The molecule has 0 spiro atoms. The third kappa shape index (κ3) is 3.24. The maximum Gasteiger partial charge on any atom is 0.332 e. The van der Waals surface area contributed by atoms with Crippen molar-refractivity contribution < 1.29 is 9.59 Å². The lowest BCUT2D eigenvalue weighted by atomic mass is 10.2. The van der Waals surface area contributed by atoms with Crippen LogP contribution in [0.3, 0.4) is 0 Å². The van der Waals surface area contributed by atoms with Gasteiger partial charge in [0.25, 0.3) is 5.91 Å². The number of aromatic nitrogens is 1. The molecule has 3 amide bonds. The molecule has 0 unspecified atom stereocenters. The van der Waals surface area contributed by atoms with E-state index >= 15 is 0 Å². The Balaban J connectivity index is 1.56. The Hall–Kier alpha value is -2.99. The molecule has 1 aromatic heterocycles. The minimum Gasteiger partial charge on any atom is -0.282 e. The number of urea groups is 1. The summed E-state index contributed by atoms with van der Waals surface area (Å²) >= 11 is 1.51. The summed E-state index contributed by atoms with van der Waals surface area (Å²) in [6, 6.07) is 16.7. The summed E-state index contributed by atoms with van der Waals surface area (Å²) in [5, 5.41) is 2.79. The van der Waals surface area contributed by atoms with Crippen molar-refractivity contribution in [2.24, 2.45) is 0 Å². The van der Waals surface area contributed by atoms with Crippen LogP contribution in [0.5, 0.6) is 0 Å². The van der Waals surface area contributed by atoms with Crippen molar-refractivity contribution in [1.29, 1.82) is 0 Å². The molecule has 1 atom stereocenters. The predicted octanol–water partition coefficient (Wildman–Crippen LogP) is 4.48. The van der Waals surface area contributed by atoms with E-state index in [0.717, 1.165) is 27.5 Å². The predicted molar refractivity (Wildman–Crippen MR) is 107 cm³/mol. The molecule has 0 bridgehead atoms. The van der Waals surface area contributed by atoms with E-state index in [1.165, 1.54) is 16.2 Å². The van der Waals surface area contributed by atoms with Gasteiger partial charge in [0, 0.05) is 16.6 Å². The Bertz CT molecular complexity index is 982. The number of rotatable bonds is 4. The lowest BCUT2D eigenvalue weighted by Gasteiger charge is -2.19. The molecule has 2 heterocycles. The Labute approximate surface area is 161 Å². The molecule has 27 heavy (non-hydrogen) atoms. The molecule has 0 N–H and O–H groups in total. The number of aryl methyl sites for hydroxylation is 1. The molecule has 6 heteroatoms. The first-order valence-electron chi connectivity index (χ1n) is 8.75. The van der Waals surface area contributed by atoms with Gasteiger partial charge in [-0.3, -0.25) is 14.6 Å². The van der Waals surface area contributed by atoms with Gasteiger partial charge in [0.05, 0.1) is 12.2 Å². The number of hydrogen-bond acceptors (Lipinski definition) is 4. The summed E-state index contributed by atoms with van der Waals surface area (Å²) in [5.74, 6) is -0.199. The fraction of sp³-hybridized carbons (Fsp3) is 0.190. The van der Waals surface area contributed by atoms with Crippen molar-refractivity contribution in [2.75, 3.05) is 4.90 Å². The number of carbonyl (C=O) groups excluding carboxylic acids is 2. The molecule has 0 radical (unpaired) electrons. The zero-order valence-electron chi connectivity index (χ0n) is 15.1. The first kappa shape index (κ1) is 17.4. The second kappa shape index (κ2) is 6.96. The summed E-state index contributed by atoms with van der Waals surface area (Å²) < 4.78 is 0. The van der Waals surface area contributed by atoms with Gasteiger partial charge in [0.2, 0.25) is 0 Å². The molecule has 3 aromatic rings. The van der Waals surface area contributed by atoms with Crippen LogP contribution >= 0.6 is 11.3 Å². The van der Waals surface area contributed by atoms with E-state index < -0.39 is 6.04 Å². The first-order chi connectivity index (χ1) is 13.0. The Kier molecular flexibility index (Phi) is 4.49. The summed E-state index contributed by atoms with van der Waals surface area (Å²) in [6.07, 6.45) is 0. The molecule has 2 aromatic carbocycles. The Morgan fingerprint density at radius 2 is 1.74 bits per heavy atom. The molecule has 0 aliphatic carbocycles. The van der Waals surface area contributed by atoms with Crippen molar-refractivity contribution in [3.63, 3.8) is 0 Å². The number of imide groups is 1. The minimum absolute atomic E-state index is 0.188. The molecule has 1 saturated heterocycles. The molecule has 1 aliphatic rings. The standard InChI is InChI=1S/C21H19N3O2S/c1-14-8-10-18(11-9-14)24-15(2)20(25)23(21(24)26)12-17-13-27-19(22-17)16-6-4-3-5-7-16/h3-11,13,15H,12H2,1-2H3/t15-/m0/s1. The van der Waals surface area contributed by atoms with Crippen LogP contribution in [0.15, 0.2) is 60.0 Å². The van der Waals surface area contributed by atoms with E-state index in [9.17, 15) is 9.59 Å². The van der Waals surface area contributed by atoms with E-state index in [0.29, 0.717) is 0 Å². The third-order valence-corrected chi connectivity index (χ3v) is 5.59. The highest BCUT2D eigenvalue weighted by molar-refractivity contribution is 7.13. The Morgan fingerprint density at radius 3 is 2.44 bits per heavy atom. The minimum atomic E-state index is -0.521. The van der Waals surface area contributed by atoms with E-state index in [-0.39, 0.29) is 18.5 Å². The zero-order chi connectivity index (χ0) is 19.0. The number of benzene rings is 2. The van der Waals surface area contributed by atoms with Gasteiger partial charge in [-0.2, -0.15) is 0 Å². The normalized spacial score (nSPS) is 17.0. The van der Waals surface area contributed by atoms with Crippen LogP contribution in [-0.4, -0.2) is 27.9 Å². The van der Waals surface area contributed by atoms with E-state index in [1.54, 1.807) is 11.8 Å². The van der Waals surface area contributed by atoms with Crippen molar-refractivity contribution in [2.45, 2.75) is 26.4 Å². The number of hydrogen-bond donors (Lipinski definition) is 0. The molecular formula is C21H19N3O2S. The summed E-state index contributed by atoms with van der Waals surface area (Å²) in [5.41, 5.74) is 3.59. The van der Waals surface area contributed by atoms with Gasteiger partial charge in [-0.25, -0.2) is 9.78 Å². The van der Waals surface area contributed by atoms with E-state index in [2.05, 4.69) is 4.98 Å². The molecule has 1 fully saturated rings. The van der Waals surface area contributed by atoms with Gasteiger partial charge in [0.15, 0.2) is 0 Å². The molecule has 0 saturated carbocycles. The highest BCUT2D eigenvalue weighted by Crippen LogP contribution is 2.29. The molecule has 1 aliphatic heterocycles. The quantitative estimate of drug-likeness (QED) is 0.630. The van der Waals surface area contributed by atoms with Gasteiger partial charge in [0.1, 0.15) is 11.0 Å². The SMILES string of the molecule is Cc1ccc(N2C(=O)N(Cc3csc(-c4ccccc4)n3)C(=O)[C@@H]2C)cc1. The van der Waals surface area contributed by atoms with Crippen molar-refractivity contribution in [3.8, 4) is 10.6 Å². The van der Waals surface area contributed by atoms with Gasteiger partial charge in [-0.1, -0.05) is 48.0 Å². The monoisotopic (exact) mass is 377 g/mol. The second-order valence-corrected chi connectivity index (χ2v) is 7.46. The number of thiazole rings is 1. The maximum atomic E-state index is 12.9. The number of nitrogens with zero attached hydrogens (tertiary/aromatic N) is 3.